The van der Waals surface area contributed by atoms with Crippen LogP contribution in [0.2, 0.25) is 5.02 Å². The molecule has 1 N–H and O–H groups in total. The molecule has 0 unspecified atom stereocenters. The zero-order valence-corrected chi connectivity index (χ0v) is 8.96. The summed E-state index contributed by atoms with van der Waals surface area (Å²) in [6, 6.07) is 9.34. The largest absolute Gasteiger partial charge is 0.507 e. The van der Waals surface area contributed by atoms with E-state index in [1.807, 2.05) is 24.3 Å². The lowest BCUT2D eigenvalue weighted by molar-refractivity contribution is 0.476. The lowest BCUT2D eigenvalue weighted by atomic mass is 10.0. The van der Waals surface area contributed by atoms with Gasteiger partial charge in [0.25, 0.3) is 0 Å². The van der Waals surface area contributed by atoms with E-state index in [1.54, 1.807) is 12.1 Å². The van der Waals surface area contributed by atoms with Gasteiger partial charge >= 0.3 is 0 Å². The molecule has 0 aromatic heterocycles. The first-order chi connectivity index (χ1) is 7.24. The van der Waals surface area contributed by atoms with Crippen molar-refractivity contribution in [2.75, 3.05) is 0 Å². The molecule has 0 amide bonds. The molecule has 2 heteroatoms. The first kappa shape index (κ1) is 10.1. The summed E-state index contributed by atoms with van der Waals surface area (Å²) in [5.41, 5.74) is 0.814. The van der Waals surface area contributed by atoms with Crippen molar-refractivity contribution in [1.29, 1.82) is 0 Å². The van der Waals surface area contributed by atoms with Crippen molar-refractivity contribution in [3.05, 3.63) is 53.6 Å². The fourth-order valence-electron chi connectivity index (χ4n) is 1.68. The van der Waals surface area contributed by atoms with Crippen molar-refractivity contribution in [1.82, 2.24) is 0 Å². The quantitative estimate of drug-likeness (QED) is 0.758. The average Bonchev–Trinajstić information content (AvgIpc) is 2.26. The lowest BCUT2D eigenvalue weighted by Gasteiger charge is -2.08. The van der Waals surface area contributed by atoms with Gasteiger partial charge < -0.3 is 5.11 Å². The molecule has 0 radical (unpaired) electrons. The van der Waals surface area contributed by atoms with E-state index in [0.717, 1.165) is 16.3 Å². The summed E-state index contributed by atoms with van der Waals surface area (Å²) in [4.78, 5) is 0. The summed E-state index contributed by atoms with van der Waals surface area (Å²) in [5, 5.41) is 12.3. The van der Waals surface area contributed by atoms with E-state index >= 15 is 0 Å². The van der Waals surface area contributed by atoms with Crippen LogP contribution >= 0.6 is 11.6 Å². The molecular weight excluding hydrogens is 208 g/mol. The van der Waals surface area contributed by atoms with Gasteiger partial charge in [0.15, 0.2) is 0 Å². The number of halogens is 1. The van der Waals surface area contributed by atoms with E-state index in [9.17, 15) is 5.11 Å². The lowest BCUT2D eigenvalue weighted by Crippen LogP contribution is -1.85. The van der Waals surface area contributed by atoms with Gasteiger partial charge in [-0.1, -0.05) is 41.9 Å². The minimum absolute atomic E-state index is 0.301. The molecule has 0 saturated carbocycles. The Morgan fingerprint density at radius 3 is 2.60 bits per heavy atom. The Morgan fingerprint density at radius 2 is 1.93 bits per heavy atom. The average molecular weight is 219 g/mol. The fraction of sp³-hybridized carbons (Fsp3) is 0.0769. The number of hydrogen-bond donors (Lipinski definition) is 1. The van der Waals surface area contributed by atoms with Crippen molar-refractivity contribution in [3.63, 3.8) is 0 Å². The van der Waals surface area contributed by atoms with Crippen molar-refractivity contribution < 1.29 is 5.11 Å². The molecule has 15 heavy (non-hydrogen) atoms. The van der Waals surface area contributed by atoms with Crippen molar-refractivity contribution in [3.8, 4) is 5.75 Å². The molecule has 0 aliphatic carbocycles. The molecule has 76 valence electrons. The van der Waals surface area contributed by atoms with Crippen LogP contribution in [-0.4, -0.2) is 5.11 Å². The number of phenols is 1. The van der Waals surface area contributed by atoms with Crippen LogP contribution in [0.1, 0.15) is 5.56 Å². The van der Waals surface area contributed by atoms with E-state index in [2.05, 4.69) is 6.58 Å². The number of fused-ring (bicyclic) bond motifs is 1. The summed E-state index contributed by atoms with van der Waals surface area (Å²) < 4.78 is 0. The molecule has 0 bridgehead atoms. The van der Waals surface area contributed by atoms with E-state index in [1.165, 1.54) is 0 Å². The van der Waals surface area contributed by atoms with Crippen molar-refractivity contribution in [2.24, 2.45) is 0 Å². The molecule has 0 saturated heterocycles. The second-order valence-electron chi connectivity index (χ2n) is 3.40. The minimum atomic E-state index is 0.301. The van der Waals surface area contributed by atoms with E-state index < -0.39 is 0 Å². The molecule has 0 atom stereocenters. The highest BCUT2D eigenvalue weighted by Crippen LogP contribution is 2.34. The Kier molecular flexibility index (Phi) is 2.65. The molecule has 0 heterocycles. The van der Waals surface area contributed by atoms with Gasteiger partial charge in [-0.15, -0.1) is 6.58 Å². The normalized spacial score (nSPS) is 10.5. The molecule has 0 fully saturated rings. The maximum atomic E-state index is 10.00. The molecule has 2 rings (SSSR count). The Balaban J connectivity index is 2.78. The zero-order valence-electron chi connectivity index (χ0n) is 8.20. The monoisotopic (exact) mass is 218 g/mol. The number of benzene rings is 2. The van der Waals surface area contributed by atoms with Crippen LogP contribution in [-0.2, 0) is 6.42 Å². The third-order valence-corrected chi connectivity index (χ3v) is 2.72. The van der Waals surface area contributed by atoms with Gasteiger partial charge in [-0.05, 0) is 18.1 Å². The van der Waals surface area contributed by atoms with Crippen LogP contribution in [0.15, 0.2) is 43.0 Å². The SMILES string of the molecule is C=CCc1cc(Cl)c2ccccc2c1O. The van der Waals surface area contributed by atoms with Crippen LogP contribution in [0.5, 0.6) is 5.75 Å². The molecular formula is C13H11ClO. The number of aromatic hydroxyl groups is 1. The number of phenolic OH excluding ortho intramolecular Hbond substituents is 1. The van der Waals surface area contributed by atoms with E-state index in [4.69, 9.17) is 11.6 Å². The van der Waals surface area contributed by atoms with Crippen LogP contribution < -0.4 is 0 Å². The molecule has 0 aliphatic heterocycles. The van der Waals surface area contributed by atoms with Crippen molar-refractivity contribution >= 4 is 22.4 Å². The summed E-state index contributed by atoms with van der Waals surface area (Å²) in [6.07, 6.45) is 2.37. The Hall–Kier alpha value is -1.47. The smallest absolute Gasteiger partial charge is 0.127 e. The first-order valence-electron chi connectivity index (χ1n) is 4.74. The number of allylic oxidation sites excluding steroid dienone is 1. The number of hydrogen-bond acceptors (Lipinski definition) is 1. The van der Waals surface area contributed by atoms with Crippen LogP contribution in [0.4, 0.5) is 0 Å². The standard InChI is InChI=1S/C13H11ClO/c1-2-5-9-8-12(14)10-6-3-4-7-11(10)13(9)15/h2-4,6-8,15H,1,5H2. The predicted molar refractivity (Wildman–Crippen MR) is 64.5 cm³/mol. The van der Waals surface area contributed by atoms with Gasteiger partial charge in [0.1, 0.15) is 5.75 Å². The summed E-state index contributed by atoms with van der Waals surface area (Å²) in [5.74, 6) is 0.301. The summed E-state index contributed by atoms with van der Waals surface area (Å²) in [6.45, 7) is 3.65. The molecule has 2 aromatic rings. The molecule has 0 spiro atoms. The maximum absolute atomic E-state index is 10.00. The van der Waals surface area contributed by atoms with Gasteiger partial charge in [0.2, 0.25) is 0 Å². The predicted octanol–water partition coefficient (Wildman–Crippen LogP) is 3.93. The van der Waals surface area contributed by atoms with Crippen LogP contribution in [0.25, 0.3) is 10.8 Å². The Labute approximate surface area is 93.6 Å². The zero-order chi connectivity index (χ0) is 10.8. The fourth-order valence-corrected chi connectivity index (χ4v) is 1.98. The second-order valence-corrected chi connectivity index (χ2v) is 3.81. The third-order valence-electron chi connectivity index (χ3n) is 2.41. The molecule has 0 aliphatic rings. The van der Waals surface area contributed by atoms with Crippen LogP contribution in [0, 0.1) is 0 Å². The Bertz CT molecular complexity index is 517. The maximum Gasteiger partial charge on any atom is 0.127 e. The molecule has 2 aromatic carbocycles. The van der Waals surface area contributed by atoms with Gasteiger partial charge in [-0.25, -0.2) is 0 Å². The van der Waals surface area contributed by atoms with E-state index in [-0.39, 0.29) is 0 Å². The molecule has 1 nitrogen and oxygen atoms in total. The highest BCUT2D eigenvalue weighted by molar-refractivity contribution is 6.35. The van der Waals surface area contributed by atoms with Gasteiger partial charge in [0.05, 0.1) is 0 Å². The van der Waals surface area contributed by atoms with Gasteiger partial charge in [-0.2, -0.15) is 0 Å². The summed E-state index contributed by atoms with van der Waals surface area (Å²) >= 11 is 6.12. The van der Waals surface area contributed by atoms with Crippen LogP contribution in [0.3, 0.4) is 0 Å². The topological polar surface area (TPSA) is 20.2 Å². The van der Waals surface area contributed by atoms with Gasteiger partial charge in [-0.3, -0.25) is 0 Å². The van der Waals surface area contributed by atoms with E-state index in [0.29, 0.717) is 17.2 Å². The van der Waals surface area contributed by atoms with Gasteiger partial charge in [0, 0.05) is 15.8 Å². The second kappa shape index (κ2) is 3.95. The summed E-state index contributed by atoms with van der Waals surface area (Å²) in [7, 11) is 0. The minimum Gasteiger partial charge on any atom is -0.507 e. The van der Waals surface area contributed by atoms with Crippen molar-refractivity contribution in [2.45, 2.75) is 6.42 Å². The Morgan fingerprint density at radius 1 is 1.27 bits per heavy atom. The third kappa shape index (κ3) is 1.71. The highest BCUT2D eigenvalue weighted by Gasteiger charge is 2.08. The highest BCUT2D eigenvalue weighted by atomic mass is 35.5. The number of rotatable bonds is 2. The first-order valence-corrected chi connectivity index (χ1v) is 5.12.